The molecule has 1 aliphatic rings. The van der Waals surface area contributed by atoms with Crippen LogP contribution in [0.3, 0.4) is 0 Å². The van der Waals surface area contributed by atoms with Gasteiger partial charge < -0.3 is 4.90 Å². The highest BCUT2D eigenvalue weighted by molar-refractivity contribution is 7.74. The third-order valence-corrected chi connectivity index (χ3v) is 7.71. The minimum atomic E-state index is -0.805. The van der Waals surface area contributed by atoms with Gasteiger partial charge in [0.25, 0.3) is 0 Å². The molecule has 0 aliphatic carbocycles. The summed E-state index contributed by atoms with van der Waals surface area (Å²) < 4.78 is 14.3. The van der Waals surface area contributed by atoms with Gasteiger partial charge in [0, 0.05) is 11.9 Å². The standard InChI is InChI=1S/C24H21FNP/c1-24(18-17-20(25)19-26(24)21-11-5-2-6-12-21)27(22-13-7-3-8-14-22)23-15-9-4-10-16-23/h2-19H,1H3. The molecule has 0 fully saturated rings. The zero-order chi connectivity index (χ0) is 18.7. The van der Waals surface area contributed by atoms with Crippen molar-refractivity contribution in [3.8, 4) is 0 Å². The molecule has 0 saturated carbocycles. The monoisotopic (exact) mass is 373 g/mol. The van der Waals surface area contributed by atoms with Crippen LogP contribution in [0.5, 0.6) is 0 Å². The summed E-state index contributed by atoms with van der Waals surface area (Å²) in [5.74, 6) is -0.229. The molecule has 0 spiro atoms. The Hall–Kier alpha value is -2.70. The van der Waals surface area contributed by atoms with Crippen LogP contribution in [0.4, 0.5) is 10.1 Å². The predicted molar refractivity (Wildman–Crippen MR) is 115 cm³/mol. The van der Waals surface area contributed by atoms with Gasteiger partial charge in [-0.3, -0.25) is 0 Å². The Labute approximate surface area is 161 Å². The quantitative estimate of drug-likeness (QED) is 0.529. The first-order chi connectivity index (χ1) is 13.2. The molecule has 0 N–H and O–H groups in total. The van der Waals surface area contributed by atoms with Crippen LogP contribution in [0, 0.1) is 0 Å². The number of benzene rings is 3. The van der Waals surface area contributed by atoms with Crippen molar-refractivity contribution in [2.24, 2.45) is 0 Å². The zero-order valence-corrected chi connectivity index (χ0v) is 16.1. The third kappa shape index (κ3) is 3.46. The van der Waals surface area contributed by atoms with Crippen molar-refractivity contribution in [3.05, 3.63) is 115 Å². The molecule has 1 nitrogen and oxygen atoms in total. The summed E-state index contributed by atoms with van der Waals surface area (Å²) in [6.07, 6.45) is 5.23. The molecule has 0 radical (unpaired) electrons. The van der Waals surface area contributed by atoms with Crippen LogP contribution in [0.25, 0.3) is 0 Å². The van der Waals surface area contributed by atoms with Gasteiger partial charge in [0.15, 0.2) is 0 Å². The van der Waals surface area contributed by atoms with Crippen molar-refractivity contribution in [3.63, 3.8) is 0 Å². The molecule has 3 aromatic carbocycles. The molecule has 3 aromatic rings. The van der Waals surface area contributed by atoms with Gasteiger partial charge in [-0.1, -0.05) is 84.9 Å². The van der Waals surface area contributed by atoms with Gasteiger partial charge in [0.2, 0.25) is 0 Å². The number of hydrogen-bond donors (Lipinski definition) is 0. The lowest BCUT2D eigenvalue weighted by atomic mass is 10.1. The number of hydrogen-bond acceptors (Lipinski definition) is 1. The largest absolute Gasteiger partial charge is 0.331 e. The van der Waals surface area contributed by atoms with Crippen LogP contribution in [0.2, 0.25) is 0 Å². The third-order valence-electron chi connectivity index (χ3n) is 4.81. The summed E-state index contributed by atoms with van der Waals surface area (Å²) in [6, 6.07) is 31.1. The topological polar surface area (TPSA) is 3.24 Å². The average molecular weight is 373 g/mol. The number of anilines is 1. The van der Waals surface area contributed by atoms with E-state index in [1.807, 2.05) is 48.5 Å². The lowest BCUT2D eigenvalue weighted by Gasteiger charge is -2.46. The molecule has 4 rings (SSSR count). The summed E-state index contributed by atoms with van der Waals surface area (Å²) in [6.45, 7) is 2.20. The van der Waals surface area contributed by atoms with E-state index in [0.717, 1.165) is 5.69 Å². The van der Waals surface area contributed by atoms with Gasteiger partial charge in [0.05, 0.1) is 5.28 Å². The summed E-state index contributed by atoms with van der Waals surface area (Å²) in [5, 5.41) is 2.14. The lowest BCUT2D eigenvalue weighted by molar-refractivity contribution is 0.634. The van der Waals surface area contributed by atoms with Crippen LogP contribution in [-0.2, 0) is 0 Å². The second kappa shape index (κ2) is 7.50. The molecular weight excluding hydrogens is 352 g/mol. The molecule has 0 amide bonds. The van der Waals surface area contributed by atoms with Crippen LogP contribution in [-0.4, -0.2) is 5.28 Å². The molecule has 1 unspecified atom stereocenters. The van der Waals surface area contributed by atoms with Gasteiger partial charge in [-0.25, -0.2) is 4.39 Å². The van der Waals surface area contributed by atoms with E-state index in [0.29, 0.717) is 0 Å². The number of rotatable bonds is 4. The first-order valence-corrected chi connectivity index (χ1v) is 10.3. The molecule has 0 aromatic heterocycles. The number of allylic oxidation sites excluding steroid dienone is 2. The SMILES string of the molecule is CC1(P(c2ccccc2)c2ccccc2)C=CC(F)=CN1c1ccccc1. The minimum absolute atomic E-state index is 0.229. The summed E-state index contributed by atoms with van der Waals surface area (Å²) >= 11 is 0. The maximum Gasteiger partial charge on any atom is 0.139 e. The molecule has 0 saturated heterocycles. The van der Waals surface area contributed by atoms with Crippen molar-refractivity contribution in [2.45, 2.75) is 12.2 Å². The second-order valence-electron chi connectivity index (χ2n) is 6.65. The van der Waals surface area contributed by atoms with Gasteiger partial charge in [-0.15, -0.1) is 0 Å². The highest BCUT2D eigenvalue weighted by Crippen LogP contribution is 2.53. The smallest absolute Gasteiger partial charge is 0.139 e. The lowest BCUT2D eigenvalue weighted by Crippen LogP contribution is -2.46. The zero-order valence-electron chi connectivity index (χ0n) is 15.2. The summed E-state index contributed by atoms with van der Waals surface area (Å²) in [4.78, 5) is 2.08. The van der Waals surface area contributed by atoms with E-state index in [1.54, 1.807) is 12.3 Å². The van der Waals surface area contributed by atoms with Gasteiger partial charge >= 0.3 is 0 Å². The highest BCUT2D eigenvalue weighted by Gasteiger charge is 2.40. The van der Waals surface area contributed by atoms with Crippen LogP contribution >= 0.6 is 7.92 Å². The fraction of sp³-hybridized carbons (Fsp3) is 0.0833. The summed E-state index contributed by atoms with van der Waals surface area (Å²) in [7, 11) is -0.805. The molecular formula is C24H21FNP. The van der Waals surface area contributed by atoms with Gasteiger partial charge in [-0.05, 0) is 43.7 Å². The van der Waals surface area contributed by atoms with Gasteiger partial charge in [-0.2, -0.15) is 0 Å². The fourth-order valence-electron chi connectivity index (χ4n) is 3.55. The van der Waals surface area contributed by atoms with Crippen LogP contribution < -0.4 is 15.5 Å². The van der Waals surface area contributed by atoms with E-state index in [2.05, 4.69) is 60.4 Å². The van der Waals surface area contributed by atoms with Crippen molar-refractivity contribution >= 4 is 24.2 Å². The molecule has 1 aliphatic heterocycles. The molecule has 134 valence electrons. The van der Waals surface area contributed by atoms with Crippen molar-refractivity contribution < 1.29 is 4.39 Å². The van der Waals surface area contributed by atoms with Crippen LogP contribution in [0.15, 0.2) is 115 Å². The Balaban J connectivity index is 1.90. The number of para-hydroxylation sites is 1. The minimum Gasteiger partial charge on any atom is -0.331 e. The Morgan fingerprint density at radius 1 is 0.741 bits per heavy atom. The van der Waals surface area contributed by atoms with Crippen molar-refractivity contribution in [2.75, 3.05) is 4.90 Å². The van der Waals surface area contributed by atoms with Crippen molar-refractivity contribution in [1.82, 2.24) is 0 Å². The Morgan fingerprint density at radius 3 is 1.74 bits per heavy atom. The summed E-state index contributed by atoms with van der Waals surface area (Å²) in [5.41, 5.74) is 0.985. The first kappa shape index (κ1) is 17.7. The fourth-order valence-corrected chi connectivity index (χ4v) is 6.44. The molecule has 1 atom stereocenters. The Bertz CT molecular complexity index is 914. The number of halogens is 1. The molecule has 27 heavy (non-hydrogen) atoms. The average Bonchev–Trinajstić information content (AvgIpc) is 2.72. The van der Waals surface area contributed by atoms with E-state index in [-0.39, 0.29) is 5.83 Å². The normalized spacial score (nSPS) is 19.2. The maximum atomic E-state index is 14.3. The first-order valence-electron chi connectivity index (χ1n) is 9.00. The van der Waals surface area contributed by atoms with Crippen molar-refractivity contribution in [1.29, 1.82) is 0 Å². The highest BCUT2D eigenvalue weighted by atomic mass is 31.1. The Kier molecular flexibility index (Phi) is 4.92. The van der Waals surface area contributed by atoms with Crippen LogP contribution in [0.1, 0.15) is 6.92 Å². The maximum absolute atomic E-state index is 14.3. The Morgan fingerprint density at radius 2 is 1.22 bits per heavy atom. The second-order valence-corrected chi connectivity index (χ2v) is 9.26. The van der Waals surface area contributed by atoms with E-state index in [9.17, 15) is 4.39 Å². The van der Waals surface area contributed by atoms with E-state index in [1.165, 1.54) is 10.6 Å². The molecule has 3 heteroatoms. The molecule has 0 bridgehead atoms. The van der Waals surface area contributed by atoms with E-state index >= 15 is 0 Å². The predicted octanol–water partition coefficient (Wildman–Crippen LogP) is 5.72. The van der Waals surface area contributed by atoms with E-state index < -0.39 is 13.2 Å². The van der Waals surface area contributed by atoms with E-state index in [4.69, 9.17) is 0 Å². The molecule has 1 heterocycles. The number of nitrogens with zero attached hydrogens (tertiary/aromatic N) is 1. The van der Waals surface area contributed by atoms with Gasteiger partial charge in [0.1, 0.15) is 5.83 Å².